The number of benzene rings is 9. The van der Waals surface area contributed by atoms with Crippen molar-refractivity contribution in [1.29, 1.82) is 0 Å². The molecule has 0 amide bonds. The van der Waals surface area contributed by atoms with Gasteiger partial charge in [-0.2, -0.15) is 0 Å². The number of hydrogen-bond acceptors (Lipinski definition) is 5. The highest BCUT2D eigenvalue weighted by Crippen LogP contribution is 2.46. The van der Waals surface area contributed by atoms with Crippen LogP contribution < -0.4 is 5.63 Å². The van der Waals surface area contributed by atoms with Crippen LogP contribution in [0.25, 0.3) is 128 Å². The van der Waals surface area contributed by atoms with Crippen LogP contribution in [0.15, 0.2) is 228 Å². The molecule has 68 heavy (non-hydrogen) atoms. The van der Waals surface area contributed by atoms with Crippen LogP contribution in [0.2, 0.25) is 0 Å². The highest BCUT2D eigenvalue weighted by Gasteiger charge is 2.29. The minimum Gasteiger partial charge on any atom is -0.420 e. The van der Waals surface area contributed by atoms with E-state index < -0.39 is 5.63 Å². The van der Waals surface area contributed by atoms with Crippen LogP contribution >= 0.6 is 0 Å². The van der Waals surface area contributed by atoms with Gasteiger partial charge < -0.3 is 18.1 Å². The molecule has 0 radical (unpaired) electrons. The molecule has 0 N–H and O–H groups in total. The highest BCUT2D eigenvalue weighted by molar-refractivity contribution is 6.17. The second-order valence-corrected chi connectivity index (χ2v) is 17.1. The first-order chi connectivity index (χ1) is 33.7. The molecule has 0 unspecified atom stereocenters. The summed E-state index contributed by atoms with van der Waals surface area (Å²) in [4.78, 5) is 30.3. The summed E-state index contributed by atoms with van der Waals surface area (Å²) in [7, 11) is 0. The van der Waals surface area contributed by atoms with Crippen molar-refractivity contribution in [3.63, 3.8) is 0 Å². The van der Waals surface area contributed by atoms with Gasteiger partial charge in [0.25, 0.3) is 0 Å². The van der Waals surface area contributed by atoms with Crippen molar-refractivity contribution in [2.45, 2.75) is 0 Å². The summed E-state index contributed by atoms with van der Waals surface area (Å²) in [6.07, 6.45) is 0. The van der Waals surface area contributed by atoms with Crippen molar-refractivity contribution in [1.82, 2.24) is 28.7 Å². The number of fused-ring (bicyclic) bond motifs is 10. The van der Waals surface area contributed by atoms with Crippen LogP contribution in [0, 0.1) is 0 Å². The van der Waals surface area contributed by atoms with Crippen LogP contribution in [-0.2, 0) is 0 Å². The molecule has 0 saturated carbocycles. The Morgan fingerprint density at radius 1 is 0.338 bits per heavy atom. The molecule has 0 atom stereocenters. The molecule has 318 valence electrons. The lowest BCUT2D eigenvalue weighted by Gasteiger charge is -2.23. The molecule has 14 rings (SSSR count). The van der Waals surface area contributed by atoms with E-state index in [2.05, 4.69) is 165 Å². The fourth-order valence-corrected chi connectivity index (χ4v) is 10.5. The van der Waals surface area contributed by atoms with Crippen LogP contribution in [0.1, 0.15) is 0 Å². The zero-order chi connectivity index (χ0) is 44.9. The van der Waals surface area contributed by atoms with Gasteiger partial charge in [-0.1, -0.05) is 170 Å². The largest absolute Gasteiger partial charge is 0.420 e. The quantitative estimate of drug-likeness (QED) is 0.155. The van der Waals surface area contributed by atoms with E-state index in [0.717, 1.165) is 87.9 Å². The standard InChI is InChI=1S/C60H36N6O2/c67-54-35-45(60-62-58(37-19-3-1-4-20-37)61-59(63-60)38-21-5-2-6-22-38)55-56(66-50-33-17-11-27-43(50)44-28-12-18-34-51(44)66)52(64-46-29-13-7-23-39(46)40-24-8-14-30-47(40)64)36-53(57(55)68-54)65-48-31-15-9-25-41(48)42-26-10-16-32-49(42)65/h1-36H. The molecule has 9 aromatic carbocycles. The van der Waals surface area contributed by atoms with Crippen LogP contribution in [0.4, 0.5) is 0 Å². The van der Waals surface area contributed by atoms with Gasteiger partial charge in [0.15, 0.2) is 23.1 Å². The Labute approximate surface area is 387 Å². The topological polar surface area (TPSA) is 83.7 Å². The maximum Gasteiger partial charge on any atom is 0.337 e. The smallest absolute Gasteiger partial charge is 0.337 e. The molecule has 0 fully saturated rings. The Balaban J connectivity index is 1.26. The molecule has 8 heteroatoms. The third kappa shape index (κ3) is 5.61. The third-order valence-corrected chi connectivity index (χ3v) is 13.3. The summed E-state index contributed by atoms with van der Waals surface area (Å²) in [5, 5.41) is 7.24. The van der Waals surface area contributed by atoms with Crippen molar-refractivity contribution >= 4 is 76.4 Å². The van der Waals surface area contributed by atoms with Gasteiger partial charge in [0.2, 0.25) is 0 Å². The van der Waals surface area contributed by atoms with E-state index in [1.165, 1.54) is 0 Å². The molecule has 14 aromatic rings. The molecule has 0 aliphatic heterocycles. The highest BCUT2D eigenvalue weighted by atomic mass is 16.4. The predicted octanol–water partition coefficient (Wildman–Crippen LogP) is 14.3. The van der Waals surface area contributed by atoms with Gasteiger partial charge in [0.05, 0.1) is 55.5 Å². The van der Waals surface area contributed by atoms with Crippen LogP contribution in [0.3, 0.4) is 0 Å². The number of hydrogen-bond donors (Lipinski definition) is 0. The third-order valence-electron chi connectivity index (χ3n) is 13.3. The van der Waals surface area contributed by atoms with E-state index in [1.807, 2.05) is 60.7 Å². The van der Waals surface area contributed by atoms with Gasteiger partial charge in [-0.15, -0.1) is 0 Å². The van der Waals surface area contributed by atoms with E-state index in [-0.39, 0.29) is 0 Å². The molecule has 0 aliphatic carbocycles. The van der Waals surface area contributed by atoms with Gasteiger partial charge in [0, 0.05) is 55.1 Å². The van der Waals surface area contributed by atoms with Crippen molar-refractivity contribution < 1.29 is 4.42 Å². The van der Waals surface area contributed by atoms with Crippen molar-refractivity contribution in [3.05, 3.63) is 229 Å². The molecule has 5 aromatic heterocycles. The van der Waals surface area contributed by atoms with E-state index in [1.54, 1.807) is 6.07 Å². The summed E-state index contributed by atoms with van der Waals surface area (Å²) in [5.74, 6) is 1.30. The van der Waals surface area contributed by atoms with E-state index in [9.17, 15) is 4.79 Å². The van der Waals surface area contributed by atoms with Gasteiger partial charge >= 0.3 is 5.63 Å². The number of aromatic nitrogens is 6. The fraction of sp³-hybridized carbons (Fsp3) is 0. The van der Waals surface area contributed by atoms with Gasteiger partial charge in [-0.25, -0.2) is 19.7 Å². The molecule has 8 nitrogen and oxygen atoms in total. The Hall–Kier alpha value is -9.40. The van der Waals surface area contributed by atoms with Gasteiger partial charge in [-0.05, 0) is 42.5 Å². The molecule has 5 heterocycles. The molecule has 0 saturated heterocycles. The molecular formula is C60H36N6O2. The van der Waals surface area contributed by atoms with Crippen LogP contribution in [-0.4, -0.2) is 28.7 Å². The minimum absolute atomic E-state index is 0.338. The van der Waals surface area contributed by atoms with Crippen molar-refractivity contribution in [2.24, 2.45) is 0 Å². The van der Waals surface area contributed by atoms with Gasteiger partial charge in [0.1, 0.15) is 0 Å². The molecule has 0 bridgehead atoms. The van der Waals surface area contributed by atoms with Gasteiger partial charge in [-0.3, -0.25) is 0 Å². The lowest BCUT2D eigenvalue weighted by molar-refractivity contribution is 0.559. The van der Waals surface area contributed by atoms with Crippen molar-refractivity contribution in [3.8, 4) is 51.2 Å². The number of rotatable bonds is 6. The molecule has 0 aliphatic rings. The summed E-state index contributed by atoms with van der Waals surface area (Å²) < 4.78 is 13.7. The molecule has 0 spiro atoms. The van der Waals surface area contributed by atoms with Crippen molar-refractivity contribution in [2.75, 3.05) is 0 Å². The number of nitrogens with zero attached hydrogens (tertiary/aromatic N) is 6. The first kappa shape index (κ1) is 37.9. The summed E-state index contributed by atoms with van der Waals surface area (Å²) in [6, 6.07) is 74.6. The maximum atomic E-state index is 14.7. The van der Waals surface area contributed by atoms with E-state index in [0.29, 0.717) is 39.7 Å². The number of para-hydroxylation sites is 6. The zero-order valence-corrected chi connectivity index (χ0v) is 36.3. The summed E-state index contributed by atoms with van der Waals surface area (Å²) in [5.41, 5.74) is 10.3. The Kier molecular flexibility index (Phi) is 8.26. The summed E-state index contributed by atoms with van der Waals surface area (Å²) >= 11 is 0. The second kappa shape index (κ2) is 14.8. The molecular weight excluding hydrogens is 837 g/mol. The first-order valence-corrected chi connectivity index (χ1v) is 22.7. The lowest BCUT2D eigenvalue weighted by atomic mass is 10.0. The van der Waals surface area contributed by atoms with E-state index >= 15 is 0 Å². The maximum absolute atomic E-state index is 14.7. The lowest BCUT2D eigenvalue weighted by Crippen LogP contribution is -2.11. The van der Waals surface area contributed by atoms with Crippen LogP contribution in [0.5, 0.6) is 0 Å². The monoisotopic (exact) mass is 872 g/mol. The first-order valence-electron chi connectivity index (χ1n) is 22.7. The fourth-order valence-electron chi connectivity index (χ4n) is 10.5. The normalized spacial score (nSPS) is 11.9. The Bertz CT molecular complexity index is 4190. The Morgan fingerprint density at radius 3 is 1.09 bits per heavy atom. The predicted molar refractivity (Wildman–Crippen MR) is 275 cm³/mol. The average molecular weight is 873 g/mol. The van der Waals surface area contributed by atoms with E-state index in [4.69, 9.17) is 19.4 Å². The SMILES string of the molecule is O=c1cc(-c2nc(-c3ccccc3)nc(-c3ccccc3)n2)c2c(-n3c4ccccc4c4ccccc43)c(-n3c4ccccc4c4ccccc43)cc(-n3c4ccccc4c4ccccc43)c2o1. The Morgan fingerprint density at radius 2 is 0.676 bits per heavy atom. The average Bonchev–Trinajstić information content (AvgIpc) is 4.04. The minimum atomic E-state index is -0.532. The zero-order valence-electron chi connectivity index (χ0n) is 36.3. The summed E-state index contributed by atoms with van der Waals surface area (Å²) in [6.45, 7) is 0. The second-order valence-electron chi connectivity index (χ2n) is 17.1.